The number of benzene rings is 2. The average Bonchev–Trinajstić information content (AvgIpc) is 2.81. The van der Waals surface area contributed by atoms with E-state index in [4.69, 9.17) is 0 Å². The molecule has 100 valence electrons. The van der Waals surface area contributed by atoms with Gasteiger partial charge in [0.25, 0.3) is 0 Å². The Kier molecular flexibility index (Phi) is 3.11. The molecule has 0 spiro atoms. The predicted octanol–water partition coefficient (Wildman–Crippen LogP) is 3.95. The zero-order chi connectivity index (χ0) is 14.1. The molecule has 3 aromatic rings. The normalized spacial score (nSPS) is 10.9. The van der Waals surface area contributed by atoms with Crippen LogP contribution in [0.5, 0.6) is 0 Å². The summed E-state index contributed by atoms with van der Waals surface area (Å²) in [5.41, 5.74) is 3.48. The van der Waals surface area contributed by atoms with Crippen LogP contribution in [0, 0.1) is 12.7 Å². The smallest absolute Gasteiger partial charge is 0.150 e. The molecule has 3 rings (SSSR count). The molecule has 0 saturated heterocycles. The molecule has 0 aliphatic carbocycles. The molecule has 0 saturated carbocycles. The van der Waals surface area contributed by atoms with Crippen molar-refractivity contribution < 1.29 is 9.18 Å². The summed E-state index contributed by atoms with van der Waals surface area (Å²) in [4.78, 5) is 11.0. The summed E-state index contributed by atoms with van der Waals surface area (Å²) in [6, 6.07) is 12.6. The van der Waals surface area contributed by atoms with Gasteiger partial charge in [-0.3, -0.25) is 4.79 Å². The lowest BCUT2D eigenvalue weighted by atomic mass is 10.1. The summed E-state index contributed by atoms with van der Waals surface area (Å²) in [6.45, 7) is 2.47. The Labute approximate surface area is 116 Å². The number of halogens is 1. The molecule has 20 heavy (non-hydrogen) atoms. The zero-order valence-electron chi connectivity index (χ0n) is 11.1. The van der Waals surface area contributed by atoms with Crippen molar-refractivity contribution in [3.63, 3.8) is 0 Å². The third-order valence-electron chi connectivity index (χ3n) is 3.43. The van der Waals surface area contributed by atoms with Gasteiger partial charge in [-0.1, -0.05) is 18.2 Å². The highest BCUT2D eigenvalue weighted by Crippen LogP contribution is 2.20. The zero-order valence-corrected chi connectivity index (χ0v) is 11.1. The second-order valence-electron chi connectivity index (χ2n) is 4.98. The monoisotopic (exact) mass is 267 g/mol. The molecule has 2 nitrogen and oxygen atoms in total. The number of hydrogen-bond donors (Lipinski definition) is 0. The summed E-state index contributed by atoms with van der Waals surface area (Å²) in [5, 5.41) is 0.927. The Balaban J connectivity index is 2.05. The van der Waals surface area contributed by atoms with E-state index in [0.717, 1.165) is 28.3 Å². The maximum atomic E-state index is 13.4. The van der Waals surface area contributed by atoms with Crippen molar-refractivity contribution >= 4 is 17.2 Å². The third kappa shape index (κ3) is 2.23. The number of hydrogen-bond acceptors (Lipinski definition) is 1. The summed E-state index contributed by atoms with van der Waals surface area (Å²) in [7, 11) is 0. The molecule has 0 atom stereocenters. The van der Waals surface area contributed by atoms with Crippen LogP contribution in [0.25, 0.3) is 10.9 Å². The number of rotatable bonds is 3. The first kappa shape index (κ1) is 12.6. The Bertz CT molecular complexity index is 769. The largest absolute Gasteiger partial charge is 0.343 e. The maximum Gasteiger partial charge on any atom is 0.150 e. The van der Waals surface area contributed by atoms with Gasteiger partial charge < -0.3 is 4.57 Å². The van der Waals surface area contributed by atoms with Gasteiger partial charge in [0.05, 0.1) is 0 Å². The van der Waals surface area contributed by atoms with E-state index in [0.29, 0.717) is 12.1 Å². The molecule has 0 N–H and O–H groups in total. The van der Waals surface area contributed by atoms with Crippen LogP contribution in [0.1, 0.15) is 21.5 Å². The lowest BCUT2D eigenvalue weighted by Crippen LogP contribution is -1.99. The molecule has 0 amide bonds. The van der Waals surface area contributed by atoms with E-state index in [2.05, 4.69) is 0 Å². The minimum Gasteiger partial charge on any atom is -0.343 e. The highest BCUT2D eigenvalue weighted by Gasteiger charge is 2.06. The average molecular weight is 267 g/mol. The molecule has 3 heteroatoms. The van der Waals surface area contributed by atoms with Crippen LogP contribution in [-0.2, 0) is 6.54 Å². The van der Waals surface area contributed by atoms with Crippen LogP contribution in [0.3, 0.4) is 0 Å². The van der Waals surface area contributed by atoms with Crippen molar-refractivity contribution in [2.45, 2.75) is 13.5 Å². The Morgan fingerprint density at radius 2 is 2.05 bits per heavy atom. The molecule has 0 fully saturated rings. The molecule has 0 aliphatic rings. The van der Waals surface area contributed by atoms with Crippen LogP contribution < -0.4 is 0 Å². The van der Waals surface area contributed by atoms with E-state index < -0.39 is 0 Å². The summed E-state index contributed by atoms with van der Waals surface area (Å²) in [6.07, 6.45) is 2.79. The van der Waals surface area contributed by atoms with E-state index in [1.54, 1.807) is 12.1 Å². The Morgan fingerprint density at radius 1 is 1.20 bits per heavy atom. The standard InChI is InChI=1S/C17H14FNO/c1-12-7-13(9-15(18)8-12)10-19-6-5-16-14(11-20)3-2-4-17(16)19/h2-9,11H,10H2,1H3. The van der Waals surface area contributed by atoms with Crippen LogP contribution in [0.4, 0.5) is 4.39 Å². The topological polar surface area (TPSA) is 22.0 Å². The van der Waals surface area contributed by atoms with E-state index in [1.165, 1.54) is 6.07 Å². The molecule has 1 heterocycles. The molecule has 0 unspecified atom stereocenters. The minimum absolute atomic E-state index is 0.218. The molecule has 0 aliphatic heterocycles. The van der Waals surface area contributed by atoms with Gasteiger partial charge in [-0.05, 0) is 42.3 Å². The second-order valence-corrected chi connectivity index (χ2v) is 4.98. The summed E-state index contributed by atoms with van der Waals surface area (Å²) < 4.78 is 15.5. The van der Waals surface area contributed by atoms with Crippen LogP contribution in [0.2, 0.25) is 0 Å². The van der Waals surface area contributed by atoms with Gasteiger partial charge in [0.1, 0.15) is 5.82 Å². The van der Waals surface area contributed by atoms with Gasteiger partial charge in [-0.15, -0.1) is 0 Å². The number of fused-ring (bicyclic) bond motifs is 1. The third-order valence-corrected chi connectivity index (χ3v) is 3.43. The highest BCUT2D eigenvalue weighted by atomic mass is 19.1. The van der Waals surface area contributed by atoms with Gasteiger partial charge in [-0.25, -0.2) is 4.39 Å². The Morgan fingerprint density at radius 3 is 2.80 bits per heavy atom. The Hall–Kier alpha value is -2.42. The SMILES string of the molecule is Cc1cc(F)cc(Cn2ccc3c(C=O)cccc32)c1. The van der Waals surface area contributed by atoms with Crippen molar-refractivity contribution in [2.24, 2.45) is 0 Å². The number of aryl methyl sites for hydroxylation is 1. The van der Waals surface area contributed by atoms with Crippen LogP contribution >= 0.6 is 0 Å². The fourth-order valence-electron chi connectivity index (χ4n) is 2.59. The lowest BCUT2D eigenvalue weighted by Gasteiger charge is -2.07. The van der Waals surface area contributed by atoms with Gasteiger partial charge in [-0.2, -0.15) is 0 Å². The molecular weight excluding hydrogens is 253 g/mol. The first-order valence-corrected chi connectivity index (χ1v) is 6.46. The first-order chi connectivity index (χ1) is 9.67. The maximum absolute atomic E-state index is 13.4. The van der Waals surface area contributed by atoms with E-state index >= 15 is 0 Å². The van der Waals surface area contributed by atoms with Crippen molar-refractivity contribution in [1.82, 2.24) is 4.57 Å². The van der Waals surface area contributed by atoms with E-state index in [-0.39, 0.29) is 5.82 Å². The van der Waals surface area contributed by atoms with Crippen molar-refractivity contribution in [3.8, 4) is 0 Å². The number of carbonyl (C=O) groups excluding carboxylic acids is 1. The molecule has 0 radical (unpaired) electrons. The quantitative estimate of drug-likeness (QED) is 0.659. The van der Waals surface area contributed by atoms with Crippen molar-refractivity contribution in [1.29, 1.82) is 0 Å². The summed E-state index contributed by atoms with van der Waals surface area (Å²) >= 11 is 0. The van der Waals surface area contributed by atoms with E-state index in [9.17, 15) is 9.18 Å². The molecule has 2 aromatic carbocycles. The van der Waals surface area contributed by atoms with Crippen LogP contribution in [-0.4, -0.2) is 10.9 Å². The second kappa shape index (κ2) is 4.93. The first-order valence-electron chi connectivity index (χ1n) is 6.46. The van der Waals surface area contributed by atoms with Crippen LogP contribution in [0.15, 0.2) is 48.7 Å². The molecule has 0 bridgehead atoms. The van der Waals surface area contributed by atoms with Gasteiger partial charge in [0, 0.05) is 29.2 Å². The summed E-state index contributed by atoms with van der Waals surface area (Å²) in [5.74, 6) is -0.218. The highest BCUT2D eigenvalue weighted by molar-refractivity contribution is 5.97. The lowest BCUT2D eigenvalue weighted by molar-refractivity contribution is 0.112. The minimum atomic E-state index is -0.218. The predicted molar refractivity (Wildman–Crippen MR) is 77.6 cm³/mol. The number of aldehydes is 1. The van der Waals surface area contributed by atoms with E-state index in [1.807, 2.05) is 42.0 Å². The van der Waals surface area contributed by atoms with Gasteiger partial charge in [0.2, 0.25) is 0 Å². The van der Waals surface area contributed by atoms with Crippen molar-refractivity contribution in [2.75, 3.05) is 0 Å². The molecular formula is C17H14FNO. The number of nitrogens with zero attached hydrogens (tertiary/aromatic N) is 1. The van der Waals surface area contributed by atoms with Gasteiger partial charge >= 0.3 is 0 Å². The van der Waals surface area contributed by atoms with Crippen molar-refractivity contribution in [3.05, 3.63) is 71.2 Å². The number of carbonyl (C=O) groups is 1. The van der Waals surface area contributed by atoms with Gasteiger partial charge in [0.15, 0.2) is 6.29 Å². The number of aromatic nitrogens is 1. The fraction of sp³-hybridized carbons (Fsp3) is 0.118. The molecule has 1 aromatic heterocycles. The fourth-order valence-corrected chi connectivity index (χ4v) is 2.59.